The number of pyridine rings is 1. The fourth-order valence-corrected chi connectivity index (χ4v) is 2.65. The van der Waals surface area contributed by atoms with Gasteiger partial charge in [0.15, 0.2) is 10.4 Å². The minimum absolute atomic E-state index is 0.306. The molecular formula is C13H9BrFN3S. The van der Waals surface area contributed by atoms with Gasteiger partial charge in [0.05, 0.1) is 15.7 Å². The first-order valence-electron chi connectivity index (χ1n) is 5.59. The van der Waals surface area contributed by atoms with Crippen molar-refractivity contribution in [3.05, 3.63) is 51.1 Å². The molecule has 0 aliphatic carbocycles. The Labute approximate surface area is 122 Å². The Bertz CT molecular complexity index is 838. The Balaban J connectivity index is 2.36. The third kappa shape index (κ3) is 2.01. The van der Waals surface area contributed by atoms with Crippen LogP contribution in [0.15, 0.2) is 34.9 Å². The Morgan fingerprint density at radius 1 is 1.37 bits per heavy atom. The normalized spacial score (nSPS) is 11.1. The van der Waals surface area contributed by atoms with Gasteiger partial charge in [0.25, 0.3) is 0 Å². The molecule has 0 aliphatic rings. The Morgan fingerprint density at radius 2 is 2.16 bits per heavy atom. The molecule has 6 heteroatoms. The van der Waals surface area contributed by atoms with Crippen LogP contribution in [0.25, 0.3) is 16.9 Å². The van der Waals surface area contributed by atoms with E-state index in [9.17, 15) is 4.39 Å². The summed E-state index contributed by atoms with van der Waals surface area (Å²) in [5.74, 6) is -0.306. The average molecular weight is 338 g/mol. The summed E-state index contributed by atoms with van der Waals surface area (Å²) in [4.78, 5) is 7.48. The van der Waals surface area contributed by atoms with Gasteiger partial charge in [-0.1, -0.05) is 0 Å². The topological polar surface area (TPSA) is 33.6 Å². The molecule has 3 rings (SSSR count). The molecule has 0 aliphatic heterocycles. The van der Waals surface area contributed by atoms with Gasteiger partial charge in [-0.3, -0.25) is 4.57 Å². The number of hydrogen-bond donors (Lipinski definition) is 1. The lowest BCUT2D eigenvalue weighted by molar-refractivity contribution is 0.620. The quantitative estimate of drug-likeness (QED) is 0.672. The minimum atomic E-state index is -0.306. The first-order valence-corrected chi connectivity index (χ1v) is 6.80. The van der Waals surface area contributed by atoms with Crippen LogP contribution < -0.4 is 0 Å². The largest absolute Gasteiger partial charge is 0.329 e. The number of halogens is 2. The summed E-state index contributed by atoms with van der Waals surface area (Å²) in [6.07, 6.45) is 1.73. The van der Waals surface area contributed by atoms with Crippen molar-refractivity contribution in [2.24, 2.45) is 0 Å². The van der Waals surface area contributed by atoms with Crippen molar-refractivity contribution >= 4 is 39.3 Å². The summed E-state index contributed by atoms with van der Waals surface area (Å²) in [5, 5.41) is 0. The molecule has 1 N–H and O–H groups in total. The number of nitrogens with one attached hydrogen (secondary N) is 1. The van der Waals surface area contributed by atoms with Gasteiger partial charge in [0, 0.05) is 6.20 Å². The van der Waals surface area contributed by atoms with Gasteiger partial charge in [0.1, 0.15) is 5.82 Å². The van der Waals surface area contributed by atoms with E-state index < -0.39 is 0 Å². The fraction of sp³-hybridized carbons (Fsp3) is 0.0769. The molecule has 0 radical (unpaired) electrons. The second-order valence-electron chi connectivity index (χ2n) is 4.19. The van der Waals surface area contributed by atoms with Crippen LogP contribution in [-0.2, 0) is 0 Å². The molecule has 19 heavy (non-hydrogen) atoms. The second kappa shape index (κ2) is 4.54. The predicted molar refractivity (Wildman–Crippen MR) is 78.6 cm³/mol. The Kier molecular flexibility index (Phi) is 2.99. The molecule has 2 heterocycles. The number of fused-ring (bicyclic) bond motifs is 1. The zero-order valence-corrected chi connectivity index (χ0v) is 12.3. The maximum atomic E-state index is 13.3. The van der Waals surface area contributed by atoms with Crippen LogP contribution in [-0.4, -0.2) is 14.5 Å². The monoisotopic (exact) mass is 337 g/mol. The molecule has 0 saturated carbocycles. The number of aromatic nitrogens is 3. The van der Waals surface area contributed by atoms with Crippen molar-refractivity contribution in [2.45, 2.75) is 6.92 Å². The highest BCUT2D eigenvalue weighted by atomic mass is 79.9. The number of imidazole rings is 1. The molecule has 0 amide bonds. The highest BCUT2D eigenvalue weighted by Crippen LogP contribution is 2.24. The van der Waals surface area contributed by atoms with Crippen LogP contribution in [0, 0.1) is 17.5 Å². The fourth-order valence-electron chi connectivity index (χ4n) is 1.99. The lowest BCUT2D eigenvalue weighted by atomic mass is 10.2. The van der Waals surface area contributed by atoms with Gasteiger partial charge < -0.3 is 4.98 Å². The van der Waals surface area contributed by atoms with E-state index >= 15 is 0 Å². The summed E-state index contributed by atoms with van der Waals surface area (Å²) in [6, 6.07) is 6.67. The van der Waals surface area contributed by atoms with Crippen molar-refractivity contribution < 1.29 is 4.39 Å². The van der Waals surface area contributed by atoms with Crippen molar-refractivity contribution in [1.29, 1.82) is 0 Å². The molecule has 0 bridgehead atoms. The molecule has 0 spiro atoms. The first kappa shape index (κ1) is 12.5. The molecule has 0 fully saturated rings. The molecule has 3 aromatic rings. The highest BCUT2D eigenvalue weighted by Gasteiger charge is 2.10. The van der Waals surface area contributed by atoms with E-state index in [0.29, 0.717) is 9.24 Å². The van der Waals surface area contributed by atoms with Crippen molar-refractivity contribution in [1.82, 2.24) is 14.5 Å². The van der Waals surface area contributed by atoms with E-state index in [1.54, 1.807) is 22.9 Å². The van der Waals surface area contributed by atoms with Crippen LogP contribution in [0.3, 0.4) is 0 Å². The van der Waals surface area contributed by atoms with Gasteiger partial charge in [-0.25, -0.2) is 9.37 Å². The summed E-state index contributed by atoms with van der Waals surface area (Å²) < 4.78 is 16.0. The van der Waals surface area contributed by atoms with Crippen LogP contribution in [0.5, 0.6) is 0 Å². The van der Waals surface area contributed by atoms with Crippen LogP contribution >= 0.6 is 28.1 Å². The second-order valence-corrected chi connectivity index (χ2v) is 5.43. The molecular weight excluding hydrogens is 329 g/mol. The van der Waals surface area contributed by atoms with Gasteiger partial charge >= 0.3 is 0 Å². The van der Waals surface area contributed by atoms with E-state index in [1.807, 2.05) is 13.0 Å². The van der Waals surface area contributed by atoms with E-state index in [1.165, 1.54) is 6.07 Å². The average Bonchev–Trinajstić information content (AvgIpc) is 2.71. The third-order valence-electron chi connectivity index (χ3n) is 2.95. The van der Waals surface area contributed by atoms with Crippen molar-refractivity contribution in [2.75, 3.05) is 0 Å². The molecule has 0 unspecified atom stereocenters. The molecule has 0 saturated heterocycles. The third-order valence-corrected chi connectivity index (χ3v) is 3.84. The van der Waals surface area contributed by atoms with Crippen LogP contribution in [0.2, 0.25) is 0 Å². The number of rotatable bonds is 1. The maximum Gasteiger partial charge on any atom is 0.184 e. The number of aryl methyl sites for hydroxylation is 1. The smallest absolute Gasteiger partial charge is 0.184 e. The number of benzene rings is 1. The van der Waals surface area contributed by atoms with Crippen LogP contribution in [0.1, 0.15) is 5.56 Å². The van der Waals surface area contributed by atoms with Gasteiger partial charge in [-0.05, 0) is 64.9 Å². The van der Waals surface area contributed by atoms with Gasteiger partial charge in [0.2, 0.25) is 0 Å². The molecule has 1 aromatic carbocycles. The van der Waals surface area contributed by atoms with Crippen molar-refractivity contribution in [3.63, 3.8) is 0 Å². The molecule has 2 aromatic heterocycles. The maximum absolute atomic E-state index is 13.3. The summed E-state index contributed by atoms with van der Waals surface area (Å²) in [5.41, 5.74) is 3.47. The van der Waals surface area contributed by atoms with Gasteiger partial charge in [-0.2, -0.15) is 0 Å². The number of nitrogens with zero attached hydrogens (tertiary/aromatic N) is 2. The zero-order valence-electron chi connectivity index (χ0n) is 9.95. The number of hydrogen-bond acceptors (Lipinski definition) is 2. The molecule has 0 atom stereocenters. The van der Waals surface area contributed by atoms with E-state index in [2.05, 4.69) is 25.9 Å². The molecule has 96 valence electrons. The Morgan fingerprint density at radius 3 is 2.89 bits per heavy atom. The standard InChI is InChI=1S/C13H9BrFN3S/c1-7-4-5-16-12-11(7)17-13(19)18(12)8-2-3-10(15)9(14)6-8/h2-6H,1H3,(H,17,19). The predicted octanol–water partition coefficient (Wildman–Crippen LogP) is 4.29. The van der Waals surface area contributed by atoms with Crippen molar-refractivity contribution in [3.8, 4) is 5.69 Å². The minimum Gasteiger partial charge on any atom is -0.329 e. The Hall–Kier alpha value is -1.53. The number of aromatic amines is 1. The number of H-pyrrole nitrogens is 1. The van der Waals surface area contributed by atoms with E-state index in [4.69, 9.17) is 12.2 Å². The highest BCUT2D eigenvalue weighted by molar-refractivity contribution is 9.10. The van der Waals surface area contributed by atoms with E-state index in [0.717, 1.165) is 22.4 Å². The summed E-state index contributed by atoms with van der Waals surface area (Å²) >= 11 is 8.51. The SMILES string of the molecule is Cc1ccnc2c1[nH]c(=S)n2-c1ccc(F)c(Br)c1. The lowest BCUT2D eigenvalue weighted by Crippen LogP contribution is -1.96. The summed E-state index contributed by atoms with van der Waals surface area (Å²) in [7, 11) is 0. The zero-order chi connectivity index (χ0) is 13.6. The lowest BCUT2D eigenvalue weighted by Gasteiger charge is -2.05. The first-order chi connectivity index (χ1) is 9.08. The van der Waals surface area contributed by atoms with E-state index in [-0.39, 0.29) is 5.82 Å². The summed E-state index contributed by atoms with van der Waals surface area (Å²) in [6.45, 7) is 1.99. The molecule has 3 nitrogen and oxygen atoms in total. The van der Waals surface area contributed by atoms with Gasteiger partial charge in [-0.15, -0.1) is 0 Å². The van der Waals surface area contributed by atoms with Crippen LogP contribution in [0.4, 0.5) is 4.39 Å².